The van der Waals surface area contributed by atoms with Gasteiger partial charge in [-0.1, -0.05) is 12.8 Å². The van der Waals surface area contributed by atoms with Gasteiger partial charge < -0.3 is 16.0 Å². The van der Waals surface area contributed by atoms with E-state index in [1.165, 1.54) is 11.3 Å². The molecule has 0 radical (unpaired) electrons. The molecular weight excluding hydrogens is 392 g/mol. The minimum Gasteiger partial charge on any atom is -0.381 e. The molecular formula is C16H17BrN4O2S. The molecule has 0 atom stereocenters. The third-order valence-corrected chi connectivity index (χ3v) is 5.70. The van der Waals surface area contributed by atoms with Crippen LogP contribution >= 0.6 is 27.3 Å². The van der Waals surface area contributed by atoms with E-state index in [9.17, 15) is 9.59 Å². The quantitative estimate of drug-likeness (QED) is 0.570. The largest absolute Gasteiger partial charge is 0.381 e. The number of primary amides is 1. The Balaban J connectivity index is 2.01. The van der Waals surface area contributed by atoms with Crippen molar-refractivity contribution in [2.75, 3.05) is 5.32 Å². The average Bonchev–Trinajstić information content (AvgIpc) is 3.22. The average molecular weight is 409 g/mol. The topological polar surface area (TPSA) is 112 Å². The Morgan fingerprint density at radius 3 is 2.75 bits per heavy atom. The lowest BCUT2D eigenvalue weighted by atomic mass is 10.0. The minimum atomic E-state index is -0.536. The Labute approximate surface area is 151 Å². The van der Waals surface area contributed by atoms with Gasteiger partial charge in [0.05, 0.1) is 26.3 Å². The molecule has 1 amide bonds. The van der Waals surface area contributed by atoms with Crippen molar-refractivity contribution in [3.8, 4) is 0 Å². The van der Waals surface area contributed by atoms with Crippen molar-refractivity contribution in [3.05, 3.63) is 48.5 Å². The van der Waals surface area contributed by atoms with E-state index in [2.05, 4.69) is 26.2 Å². The van der Waals surface area contributed by atoms with Crippen LogP contribution in [0.2, 0.25) is 0 Å². The van der Waals surface area contributed by atoms with Gasteiger partial charge in [-0.2, -0.15) is 0 Å². The highest BCUT2D eigenvalue weighted by Gasteiger charge is 2.22. The van der Waals surface area contributed by atoms with Crippen molar-refractivity contribution in [2.45, 2.75) is 31.7 Å². The zero-order valence-electron chi connectivity index (χ0n) is 12.8. The normalized spacial score (nSPS) is 14.7. The molecule has 0 unspecified atom stereocenters. The molecule has 2 heterocycles. The van der Waals surface area contributed by atoms with Crippen LogP contribution in [0.15, 0.2) is 26.9 Å². The fraction of sp³-hybridized carbons (Fsp3) is 0.312. The third-order valence-electron chi connectivity index (χ3n) is 4.13. The van der Waals surface area contributed by atoms with E-state index < -0.39 is 5.91 Å². The van der Waals surface area contributed by atoms with Gasteiger partial charge in [0.25, 0.3) is 11.5 Å². The van der Waals surface area contributed by atoms with Crippen LogP contribution in [0, 0.1) is 5.41 Å². The van der Waals surface area contributed by atoms with Crippen molar-refractivity contribution in [1.29, 1.82) is 5.41 Å². The number of carbonyl (C=O) groups is 1. The number of thiophene rings is 1. The number of hydrogen-bond acceptors (Lipinski definition) is 5. The maximum Gasteiger partial charge on any atom is 0.259 e. The smallest absolute Gasteiger partial charge is 0.259 e. The molecule has 8 heteroatoms. The summed E-state index contributed by atoms with van der Waals surface area (Å²) in [4.78, 5) is 26.7. The van der Waals surface area contributed by atoms with Crippen LogP contribution in [-0.4, -0.2) is 22.6 Å². The fourth-order valence-corrected chi connectivity index (χ4v) is 4.08. The van der Waals surface area contributed by atoms with Gasteiger partial charge in [-0.05, 0) is 34.8 Å². The predicted molar refractivity (Wildman–Crippen MR) is 99.4 cm³/mol. The molecule has 5 N–H and O–H groups in total. The fourth-order valence-electron chi connectivity index (χ4n) is 2.90. The molecule has 3 rings (SSSR count). The van der Waals surface area contributed by atoms with Gasteiger partial charge in [-0.3, -0.25) is 15.0 Å². The Morgan fingerprint density at radius 1 is 1.42 bits per heavy atom. The first-order chi connectivity index (χ1) is 11.5. The summed E-state index contributed by atoms with van der Waals surface area (Å²) in [6, 6.07) is 1.85. The maximum absolute atomic E-state index is 12.4. The first-order valence-corrected chi connectivity index (χ1v) is 9.30. The Hall–Kier alpha value is -1.93. The molecule has 2 aromatic rings. The van der Waals surface area contributed by atoms with Crippen LogP contribution in [0.3, 0.4) is 0 Å². The minimum absolute atomic E-state index is 0.0711. The lowest BCUT2D eigenvalue weighted by molar-refractivity contribution is 0.100. The lowest BCUT2D eigenvalue weighted by Crippen LogP contribution is -2.24. The Kier molecular flexibility index (Phi) is 4.86. The number of H-pyrrole nitrogens is 1. The number of anilines is 1. The predicted octanol–water partition coefficient (Wildman–Crippen LogP) is 3.07. The van der Waals surface area contributed by atoms with E-state index in [0.717, 1.165) is 25.7 Å². The van der Waals surface area contributed by atoms with E-state index in [4.69, 9.17) is 11.1 Å². The summed E-state index contributed by atoms with van der Waals surface area (Å²) in [7, 11) is 0. The molecule has 126 valence electrons. The van der Waals surface area contributed by atoms with Gasteiger partial charge >= 0.3 is 0 Å². The molecule has 2 aromatic heterocycles. The van der Waals surface area contributed by atoms with Gasteiger partial charge in [-0.25, -0.2) is 0 Å². The molecule has 1 aliphatic carbocycles. The van der Waals surface area contributed by atoms with E-state index in [1.807, 2.05) is 0 Å². The summed E-state index contributed by atoms with van der Waals surface area (Å²) >= 11 is 4.63. The van der Waals surface area contributed by atoms with Crippen LogP contribution in [-0.2, 0) is 0 Å². The highest BCUT2D eigenvalue weighted by atomic mass is 79.9. The van der Waals surface area contributed by atoms with Crippen LogP contribution in [0.4, 0.5) is 5.69 Å². The molecule has 1 aliphatic rings. The van der Waals surface area contributed by atoms with Crippen molar-refractivity contribution in [1.82, 2.24) is 4.98 Å². The number of nitrogens with two attached hydrogens (primary N) is 1. The molecule has 1 fully saturated rings. The first kappa shape index (κ1) is 16.9. The van der Waals surface area contributed by atoms with Gasteiger partial charge in [0, 0.05) is 23.2 Å². The second-order valence-corrected chi connectivity index (χ2v) is 7.55. The Morgan fingerprint density at radius 2 is 2.12 bits per heavy atom. The zero-order chi connectivity index (χ0) is 17.3. The number of halogens is 1. The number of rotatable bonds is 5. The number of hydrogen-bond donors (Lipinski definition) is 4. The van der Waals surface area contributed by atoms with E-state index in [0.29, 0.717) is 26.6 Å². The number of aromatic amines is 1. The van der Waals surface area contributed by atoms with Gasteiger partial charge in [0.15, 0.2) is 0 Å². The monoisotopic (exact) mass is 408 g/mol. The third kappa shape index (κ3) is 3.29. The highest BCUT2D eigenvalue weighted by molar-refractivity contribution is 9.10. The second-order valence-electron chi connectivity index (χ2n) is 5.78. The number of amides is 1. The summed E-state index contributed by atoms with van der Waals surface area (Å²) in [6.45, 7) is 0. The standard InChI is InChI=1S/C16H17BrN4O2S/c17-10-6-20-16(23)12(14(10)21-9-3-1-2-4-9)13(18)8-5-11(15(19)22)24-7-8/h5-7,9,18H,1-4H2,(H2,19,22)(H2,20,21,23). The molecule has 0 bridgehead atoms. The van der Waals surface area contributed by atoms with Crippen molar-refractivity contribution >= 4 is 44.6 Å². The Bertz CT molecular complexity index is 852. The van der Waals surface area contributed by atoms with E-state index >= 15 is 0 Å². The summed E-state index contributed by atoms with van der Waals surface area (Å²) in [5, 5.41) is 13.5. The second kappa shape index (κ2) is 6.90. The van der Waals surface area contributed by atoms with Crippen LogP contribution < -0.4 is 16.6 Å². The van der Waals surface area contributed by atoms with Gasteiger partial charge in [0.2, 0.25) is 0 Å². The van der Waals surface area contributed by atoms with Crippen LogP contribution in [0.1, 0.15) is 46.5 Å². The van der Waals surface area contributed by atoms with Crippen molar-refractivity contribution < 1.29 is 4.79 Å². The van der Waals surface area contributed by atoms with Crippen LogP contribution in [0.5, 0.6) is 0 Å². The molecule has 0 spiro atoms. The number of aromatic nitrogens is 1. The van der Waals surface area contributed by atoms with Crippen LogP contribution in [0.25, 0.3) is 0 Å². The lowest BCUT2D eigenvalue weighted by Gasteiger charge is -2.18. The summed E-state index contributed by atoms with van der Waals surface area (Å²) in [5.41, 5.74) is 6.41. The number of nitrogens with one attached hydrogen (secondary N) is 3. The first-order valence-electron chi connectivity index (χ1n) is 7.62. The SMILES string of the molecule is N=C(c1csc(C(N)=O)c1)c1c(NC2CCCC2)c(Br)c[nH]c1=O. The van der Waals surface area contributed by atoms with E-state index in [1.54, 1.807) is 17.6 Å². The van der Waals surface area contributed by atoms with E-state index in [-0.39, 0.29) is 16.8 Å². The van der Waals surface area contributed by atoms with Crippen molar-refractivity contribution in [2.24, 2.45) is 5.73 Å². The highest BCUT2D eigenvalue weighted by Crippen LogP contribution is 2.30. The maximum atomic E-state index is 12.4. The number of carbonyl (C=O) groups excluding carboxylic acids is 1. The molecule has 24 heavy (non-hydrogen) atoms. The number of pyridine rings is 1. The molecule has 0 saturated heterocycles. The van der Waals surface area contributed by atoms with Gasteiger partial charge in [-0.15, -0.1) is 11.3 Å². The zero-order valence-corrected chi connectivity index (χ0v) is 15.2. The summed E-state index contributed by atoms with van der Waals surface area (Å²) in [5.74, 6) is -0.536. The molecule has 0 aliphatic heterocycles. The van der Waals surface area contributed by atoms with Crippen molar-refractivity contribution in [3.63, 3.8) is 0 Å². The molecule has 1 saturated carbocycles. The molecule has 6 nitrogen and oxygen atoms in total. The molecule has 0 aromatic carbocycles. The van der Waals surface area contributed by atoms with Gasteiger partial charge in [0.1, 0.15) is 0 Å². The summed E-state index contributed by atoms with van der Waals surface area (Å²) < 4.78 is 0.708. The summed E-state index contributed by atoms with van der Waals surface area (Å²) in [6.07, 6.45) is 6.01.